The van der Waals surface area contributed by atoms with Crippen LogP contribution in [0.2, 0.25) is 0 Å². The summed E-state index contributed by atoms with van der Waals surface area (Å²) in [5.74, 6) is -2.03. The number of rotatable bonds is 5. The molecule has 4 atom stereocenters. The quantitative estimate of drug-likeness (QED) is 0.569. The van der Waals surface area contributed by atoms with Crippen molar-refractivity contribution in [3.05, 3.63) is 108 Å². The van der Waals surface area contributed by atoms with Crippen molar-refractivity contribution in [2.24, 2.45) is 11.8 Å². The van der Waals surface area contributed by atoms with Crippen LogP contribution in [-0.2, 0) is 26.5 Å². The lowest BCUT2D eigenvalue weighted by Crippen LogP contribution is -2.54. The second kappa shape index (κ2) is 8.57. The van der Waals surface area contributed by atoms with Crippen LogP contribution in [0.4, 0.5) is 5.69 Å². The van der Waals surface area contributed by atoms with Gasteiger partial charge in [-0.25, -0.2) is 0 Å². The van der Waals surface area contributed by atoms with Gasteiger partial charge >= 0.3 is 0 Å². The molecule has 3 amide bonds. The number of hydrogen-bond acceptors (Lipinski definition) is 4. The second-order valence-electron chi connectivity index (χ2n) is 9.74. The molecule has 3 aliphatic rings. The van der Waals surface area contributed by atoms with E-state index in [1.807, 2.05) is 104 Å². The zero-order chi connectivity index (χ0) is 24.9. The number of hydrogen-bond donors (Lipinski definition) is 1. The van der Waals surface area contributed by atoms with E-state index in [9.17, 15) is 14.4 Å². The lowest BCUT2D eigenvalue weighted by molar-refractivity contribution is -0.143. The Balaban J connectivity index is 1.36. The van der Waals surface area contributed by atoms with Crippen LogP contribution in [0.25, 0.3) is 6.08 Å². The minimum Gasteiger partial charge on any atom is -0.306 e. The molecule has 4 unspecified atom stereocenters. The Bertz CT molecular complexity index is 1370. The van der Waals surface area contributed by atoms with E-state index in [0.29, 0.717) is 6.54 Å². The molecule has 6 nitrogen and oxygen atoms in total. The van der Waals surface area contributed by atoms with Gasteiger partial charge in [-0.3, -0.25) is 24.6 Å². The van der Waals surface area contributed by atoms with Crippen molar-refractivity contribution in [1.82, 2.24) is 10.2 Å². The number of fused-ring (bicyclic) bond motifs is 4. The molecule has 1 N–H and O–H groups in total. The van der Waals surface area contributed by atoms with E-state index in [-0.39, 0.29) is 30.3 Å². The molecule has 180 valence electrons. The van der Waals surface area contributed by atoms with Gasteiger partial charge in [0.15, 0.2) is 0 Å². The number of imide groups is 1. The summed E-state index contributed by atoms with van der Waals surface area (Å²) >= 11 is 0. The van der Waals surface area contributed by atoms with Gasteiger partial charge < -0.3 is 4.90 Å². The topological polar surface area (TPSA) is 69.7 Å². The average Bonchev–Trinajstić information content (AvgIpc) is 3.44. The largest absolute Gasteiger partial charge is 0.306 e. The zero-order valence-corrected chi connectivity index (χ0v) is 20.0. The molecule has 0 aliphatic carbocycles. The van der Waals surface area contributed by atoms with Gasteiger partial charge in [0.1, 0.15) is 5.54 Å². The SMILES string of the molecule is CC1NC2(C(=O)N(C/C=C\c3ccccc3)c3ccccc32)C2C(=O)N(Cc3ccccc3)C(=O)C12. The molecule has 6 rings (SSSR count). The maximum absolute atomic E-state index is 14.2. The van der Waals surface area contributed by atoms with E-state index in [0.717, 1.165) is 22.4 Å². The molecule has 2 fully saturated rings. The molecule has 6 heteroatoms. The Morgan fingerprint density at radius 3 is 2.25 bits per heavy atom. The summed E-state index contributed by atoms with van der Waals surface area (Å²) in [5.41, 5.74) is 2.24. The van der Waals surface area contributed by atoms with E-state index >= 15 is 0 Å². The summed E-state index contributed by atoms with van der Waals surface area (Å²) in [7, 11) is 0. The third-order valence-electron chi connectivity index (χ3n) is 7.69. The molecule has 3 aliphatic heterocycles. The Morgan fingerprint density at radius 1 is 0.833 bits per heavy atom. The predicted octanol–water partition coefficient (Wildman–Crippen LogP) is 3.74. The molecule has 2 saturated heterocycles. The van der Waals surface area contributed by atoms with Gasteiger partial charge in [-0.1, -0.05) is 91.0 Å². The molecule has 0 saturated carbocycles. The van der Waals surface area contributed by atoms with Gasteiger partial charge in [-0.15, -0.1) is 0 Å². The number of benzene rings is 3. The van der Waals surface area contributed by atoms with Crippen molar-refractivity contribution in [3.8, 4) is 0 Å². The predicted molar refractivity (Wildman–Crippen MR) is 138 cm³/mol. The van der Waals surface area contributed by atoms with Crippen LogP contribution in [0.1, 0.15) is 23.6 Å². The molecule has 3 heterocycles. The fraction of sp³-hybridized carbons (Fsp3) is 0.233. The van der Waals surface area contributed by atoms with Crippen LogP contribution >= 0.6 is 0 Å². The van der Waals surface area contributed by atoms with E-state index in [4.69, 9.17) is 0 Å². The number of para-hydroxylation sites is 1. The Morgan fingerprint density at radius 2 is 1.50 bits per heavy atom. The molecule has 3 aromatic carbocycles. The first-order chi connectivity index (χ1) is 17.5. The maximum Gasteiger partial charge on any atom is 0.253 e. The van der Waals surface area contributed by atoms with E-state index < -0.39 is 17.4 Å². The maximum atomic E-state index is 14.2. The third-order valence-corrected chi connectivity index (χ3v) is 7.69. The highest BCUT2D eigenvalue weighted by atomic mass is 16.2. The fourth-order valence-electron chi connectivity index (χ4n) is 6.13. The summed E-state index contributed by atoms with van der Waals surface area (Å²) in [6, 6.07) is 26.7. The number of nitrogens with zero attached hydrogens (tertiary/aromatic N) is 2. The van der Waals surface area contributed by atoms with Gasteiger partial charge in [-0.2, -0.15) is 0 Å². The lowest BCUT2D eigenvalue weighted by atomic mass is 9.76. The highest BCUT2D eigenvalue weighted by Gasteiger charge is 2.70. The first-order valence-corrected chi connectivity index (χ1v) is 12.3. The highest BCUT2D eigenvalue weighted by Crippen LogP contribution is 2.54. The number of carbonyl (C=O) groups excluding carboxylic acids is 3. The van der Waals surface area contributed by atoms with E-state index in [1.165, 1.54) is 4.90 Å². The summed E-state index contributed by atoms with van der Waals surface area (Å²) in [6.45, 7) is 2.49. The van der Waals surface area contributed by atoms with Gasteiger partial charge in [0.05, 0.1) is 18.4 Å². The van der Waals surface area contributed by atoms with Gasteiger partial charge in [-0.05, 0) is 24.1 Å². The van der Waals surface area contributed by atoms with Gasteiger partial charge in [0, 0.05) is 23.8 Å². The lowest BCUT2D eigenvalue weighted by Gasteiger charge is -2.30. The van der Waals surface area contributed by atoms with E-state index in [1.54, 1.807) is 4.90 Å². The van der Waals surface area contributed by atoms with Crippen molar-refractivity contribution in [1.29, 1.82) is 0 Å². The summed E-state index contributed by atoms with van der Waals surface area (Å²) in [4.78, 5) is 44.6. The van der Waals surface area contributed by atoms with Crippen molar-refractivity contribution in [3.63, 3.8) is 0 Å². The smallest absolute Gasteiger partial charge is 0.253 e. The van der Waals surface area contributed by atoms with Crippen LogP contribution in [-0.4, -0.2) is 35.2 Å². The molecular formula is C30H27N3O3. The van der Waals surface area contributed by atoms with Crippen LogP contribution < -0.4 is 10.2 Å². The summed E-state index contributed by atoms with van der Waals surface area (Å²) in [6.07, 6.45) is 3.95. The molecule has 0 bridgehead atoms. The average molecular weight is 478 g/mol. The minimum absolute atomic E-state index is 0.177. The normalized spacial score (nSPS) is 26.9. The Hall–Kier alpha value is -4.03. The number of likely N-dealkylation sites (tertiary alicyclic amines) is 1. The molecule has 3 aromatic rings. The summed E-state index contributed by atoms with van der Waals surface area (Å²) < 4.78 is 0. The van der Waals surface area contributed by atoms with Crippen molar-refractivity contribution in [2.45, 2.75) is 25.0 Å². The number of amides is 3. The standard InChI is InChI=1S/C30H27N3O3/c1-20-25-26(28(35)33(27(25)34)19-22-13-6-3-7-14-22)30(31-20)23-16-8-9-17-24(23)32(29(30)36)18-10-15-21-11-4-2-5-12-21/h2-17,20,25-26,31H,18-19H2,1H3/b15-10-. The first kappa shape index (κ1) is 22.4. The first-order valence-electron chi connectivity index (χ1n) is 12.3. The van der Waals surface area contributed by atoms with Crippen LogP contribution in [0.15, 0.2) is 91.0 Å². The minimum atomic E-state index is -1.25. The Kier molecular flexibility index (Phi) is 5.34. The van der Waals surface area contributed by atoms with Crippen molar-refractivity contribution < 1.29 is 14.4 Å². The van der Waals surface area contributed by atoms with Gasteiger partial charge in [0.25, 0.3) is 5.91 Å². The molecule has 0 radical (unpaired) electrons. The molecule has 1 spiro atoms. The van der Waals surface area contributed by atoms with Crippen molar-refractivity contribution >= 4 is 29.5 Å². The number of carbonyl (C=O) groups is 3. The molecule has 36 heavy (non-hydrogen) atoms. The van der Waals surface area contributed by atoms with Crippen LogP contribution in [0.3, 0.4) is 0 Å². The van der Waals surface area contributed by atoms with Gasteiger partial charge in [0.2, 0.25) is 11.8 Å². The Labute approximate surface area is 210 Å². The van der Waals surface area contributed by atoms with Crippen LogP contribution in [0, 0.1) is 11.8 Å². The number of anilines is 1. The summed E-state index contributed by atoms with van der Waals surface area (Å²) in [5, 5.41) is 3.44. The fourth-order valence-corrected chi connectivity index (χ4v) is 6.13. The molecule has 0 aromatic heterocycles. The molecular weight excluding hydrogens is 450 g/mol. The van der Waals surface area contributed by atoms with Crippen molar-refractivity contribution in [2.75, 3.05) is 11.4 Å². The monoisotopic (exact) mass is 477 g/mol. The number of nitrogens with one attached hydrogen (secondary N) is 1. The van der Waals surface area contributed by atoms with E-state index in [2.05, 4.69) is 5.32 Å². The second-order valence-corrected chi connectivity index (χ2v) is 9.74. The third kappa shape index (κ3) is 3.25. The highest BCUT2D eigenvalue weighted by molar-refractivity contribution is 6.16. The van der Waals surface area contributed by atoms with Crippen LogP contribution in [0.5, 0.6) is 0 Å². The zero-order valence-electron chi connectivity index (χ0n) is 20.0.